The molecule has 1 aliphatic heterocycles. The molecule has 0 unspecified atom stereocenters. The standard InChI is InChI=1S/C18H19N5O3/c1-3-14-16(20-10-26-14)18(24)23-7-6-12-13(9-23)22-17(21-12)11-4-5-15(25-2)19-8-11/h4-5,8,10H,3,6-7,9H2,1-2H3,(H,21,22). The lowest BCUT2D eigenvalue weighted by Crippen LogP contribution is -2.36. The van der Waals surface area contributed by atoms with Crippen LogP contribution >= 0.6 is 0 Å². The third-order valence-electron chi connectivity index (χ3n) is 4.50. The van der Waals surface area contributed by atoms with Gasteiger partial charge in [-0.2, -0.15) is 0 Å². The van der Waals surface area contributed by atoms with Crippen LogP contribution in [0, 0.1) is 0 Å². The zero-order valence-corrected chi connectivity index (χ0v) is 14.7. The highest BCUT2D eigenvalue weighted by atomic mass is 16.5. The Kier molecular flexibility index (Phi) is 4.16. The Morgan fingerprint density at radius 2 is 2.27 bits per heavy atom. The number of H-pyrrole nitrogens is 1. The molecule has 0 atom stereocenters. The molecule has 1 N–H and O–H groups in total. The number of pyridine rings is 1. The number of amides is 1. The molecule has 8 heteroatoms. The van der Waals surface area contributed by atoms with Gasteiger partial charge in [0.25, 0.3) is 5.91 Å². The van der Waals surface area contributed by atoms with Gasteiger partial charge in [-0.3, -0.25) is 4.79 Å². The Morgan fingerprint density at radius 1 is 1.38 bits per heavy atom. The van der Waals surface area contributed by atoms with E-state index in [0.29, 0.717) is 43.3 Å². The summed E-state index contributed by atoms with van der Waals surface area (Å²) < 4.78 is 10.4. The molecule has 3 aromatic rings. The molecule has 0 aliphatic carbocycles. The number of methoxy groups -OCH3 is 1. The molecule has 0 saturated carbocycles. The van der Waals surface area contributed by atoms with Crippen LogP contribution in [0.25, 0.3) is 11.4 Å². The van der Waals surface area contributed by atoms with Crippen LogP contribution in [0.2, 0.25) is 0 Å². The Morgan fingerprint density at radius 3 is 3.00 bits per heavy atom. The molecule has 0 saturated heterocycles. The van der Waals surface area contributed by atoms with Gasteiger partial charge in [-0.05, 0) is 6.07 Å². The fraction of sp³-hybridized carbons (Fsp3) is 0.333. The first-order chi connectivity index (χ1) is 12.7. The smallest absolute Gasteiger partial charge is 0.276 e. The maximum absolute atomic E-state index is 12.7. The first-order valence-corrected chi connectivity index (χ1v) is 8.49. The second-order valence-corrected chi connectivity index (χ2v) is 6.05. The van der Waals surface area contributed by atoms with E-state index in [0.717, 1.165) is 22.8 Å². The molecule has 4 rings (SSSR count). The van der Waals surface area contributed by atoms with E-state index in [4.69, 9.17) is 9.15 Å². The minimum absolute atomic E-state index is 0.108. The topological polar surface area (TPSA) is 97.1 Å². The average Bonchev–Trinajstić information content (AvgIpc) is 3.33. The van der Waals surface area contributed by atoms with Crippen molar-refractivity contribution < 1.29 is 13.9 Å². The van der Waals surface area contributed by atoms with Crippen LogP contribution in [0.3, 0.4) is 0 Å². The van der Waals surface area contributed by atoms with Gasteiger partial charge in [-0.1, -0.05) is 6.92 Å². The van der Waals surface area contributed by atoms with Gasteiger partial charge in [0.2, 0.25) is 5.88 Å². The van der Waals surface area contributed by atoms with E-state index in [9.17, 15) is 4.79 Å². The van der Waals surface area contributed by atoms with Crippen molar-refractivity contribution in [3.63, 3.8) is 0 Å². The Balaban J connectivity index is 1.55. The van der Waals surface area contributed by atoms with Crippen LogP contribution < -0.4 is 4.74 Å². The Bertz CT molecular complexity index is 929. The van der Waals surface area contributed by atoms with Gasteiger partial charge in [0.15, 0.2) is 12.1 Å². The second-order valence-electron chi connectivity index (χ2n) is 6.05. The molecule has 8 nitrogen and oxygen atoms in total. The van der Waals surface area contributed by atoms with E-state index < -0.39 is 0 Å². The first kappa shape index (κ1) is 16.3. The fourth-order valence-electron chi connectivity index (χ4n) is 3.09. The number of carbonyl (C=O) groups is 1. The van der Waals surface area contributed by atoms with Crippen LogP contribution in [0.5, 0.6) is 5.88 Å². The highest BCUT2D eigenvalue weighted by Gasteiger charge is 2.27. The summed E-state index contributed by atoms with van der Waals surface area (Å²) in [7, 11) is 1.58. The van der Waals surface area contributed by atoms with Gasteiger partial charge >= 0.3 is 0 Å². The molecule has 1 aliphatic rings. The summed E-state index contributed by atoms with van der Waals surface area (Å²) in [5, 5.41) is 0. The molecule has 3 aromatic heterocycles. The molecule has 0 spiro atoms. The Hall–Kier alpha value is -3.16. The maximum atomic E-state index is 12.7. The third-order valence-corrected chi connectivity index (χ3v) is 4.50. The van der Waals surface area contributed by atoms with Crippen LogP contribution in [0.1, 0.15) is 34.6 Å². The van der Waals surface area contributed by atoms with Gasteiger partial charge in [0.05, 0.1) is 25.0 Å². The molecular weight excluding hydrogens is 334 g/mol. The van der Waals surface area contributed by atoms with Crippen molar-refractivity contribution in [3.05, 3.63) is 47.6 Å². The van der Waals surface area contributed by atoms with E-state index in [1.807, 2.05) is 13.0 Å². The number of nitrogens with one attached hydrogen (secondary N) is 1. The highest BCUT2D eigenvalue weighted by Crippen LogP contribution is 2.24. The molecule has 134 valence electrons. The van der Waals surface area contributed by atoms with Crippen molar-refractivity contribution in [3.8, 4) is 17.3 Å². The van der Waals surface area contributed by atoms with E-state index in [2.05, 4.69) is 19.9 Å². The summed E-state index contributed by atoms with van der Waals surface area (Å²) >= 11 is 0. The van der Waals surface area contributed by atoms with E-state index in [-0.39, 0.29) is 5.91 Å². The number of hydrogen-bond donors (Lipinski definition) is 1. The maximum Gasteiger partial charge on any atom is 0.276 e. The van der Waals surface area contributed by atoms with Crippen molar-refractivity contribution in [2.24, 2.45) is 0 Å². The molecule has 4 heterocycles. The predicted molar refractivity (Wildman–Crippen MR) is 92.7 cm³/mol. The Labute approximate surface area is 150 Å². The summed E-state index contributed by atoms with van der Waals surface area (Å²) in [4.78, 5) is 30.8. The number of nitrogens with zero attached hydrogens (tertiary/aromatic N) is 4. The molecule has 1 amide bonds. The SMILES string of the molecule is CCc1ocnc1C(=O)N1CCc2nc(-c3ccc(OC)nc3)[nH]c2C1. The fourth-order valence-corrected chi connectivity index (χ4v) is 3.09. The number of carbonyl (C=O) groups excluding carboxylic acids is 1. The monoisotopic (exact) mass is 353 g/mol. The number of fused-ring (bicyclic) bond motifs is 1. The number of aromatic amines is 1. The van der Waals surface area contributed by atoms with E-state index >= 15 is 0 Å². The number of aromatic nitrogens is 4. The minimum atomic E-state index is -0.108. The average molecular weight is 353 g/mol. The van der Waals surface area contributed by atoms with Gasteiger partial charge in [-0.15, -0.1) is 0 Å². The predicted octanol–water partition coefficient (Wildman–Crippen LogP) is 2.23. The molecule has 0 aromatic carbocycles. The summed E-state index contributed by atoms with van der Waals surface area (Å²) in [5.74, 6) is 1.82. The summed E-state index contributed by atoms with van der Waals surface area (Å²) in [6, 6.07) is 3.70. The lowest BCUT2D eigenvalue weighted by molar-refractivity contribution is 0.0724. The van der Waals surface area contributed by atoms with Crippen LogP contribution in [0.15, 0.2) is 29.1 Å². The number of hydrogen-bond acceptors (Lipinski definition) is 6. The minimum Gasteiger partial charge on any atom is -0.481 e. The largest absolute Gasteiger partial charge is 0.481 e. The van der Waals surface area contributed by atoms with Crippen molar-refractivity contribution in [2.45, 2.75) is 26.3 Å². The van der Waals surface area contributed by atoms with Crippen molar-refractivity contribution in [2.75, 3.05) is 13.7 Å². The lowest BCUT2D eigenvalue weighted by atomic mass is 10.1. The van der Waals surface area contributed by atoms with Crippen molar-refractivity contribution in [1.82, 2.24) is 24.8 Å². The molecule has 0 fully saturated rings. The van der Waals surface area contributed by atoms with Crippen molar-refractivity contribution >= 4 is 5.91 Å². The number of oxazole rings is 1. The van der Waals surface area contributed by atoms with Gasteiger partial charge in [-0.25, -0.2) is 15.0 Å². The number of imidazole rings is 1. The molecule has 0 radical (unpaired) electrons. The van der Waals surface area contributed by atoms with Crippen LogP contribution in [-0.4, -0.2) is 44.4 Å². The van der Waals surface area contributed by atoms with Gasteiger partial charge in [0, 0.05) is 37.2 Å². The number of aryl methyl sites for hydroxylation is 1. The van der Waals surface area contributed by atoms with Crippen molar-refractivity contribution in [1.29, 1.82) is 0 Å². The zero-order chi connectivity index (χ0) is 18.1. The first-order valence-electron chi connectivity index (χ1n) is 8.49. The van der Waals surface area contributed by atoms with Gasteiger partial charge < -0.3 is 19.0 Å². The summed E-state index contributed by atoms with van der Waals surface area (Å²) in [6.07, 6.45) is 4.38. The molecule has 26 heavy (non-hydrogen) atoms. The quantitative estimate of drug-likeness (QED) is 0.772. The summed E-state index contributed by atoms with van der Waals surface area (Å²) in [6.45, 7) is 3.02. The normalized spacial score (nSPS) is 13.5. The molecule has 0 bridgehead atoms. The number of ether oxygens (including phenoxy) is 1. The lowest BCUT2D eigenvalue weighted by Gasteiger charge is -2.25. The van der Waals surface area contributed by atoms with Crippen LogP contribution in [-0.2, 0) is 19.4 Å². The molecular formula is C18H19N5O3. The van der Waals surface area contributed by atoms with Gasteiger partial charge in [0.1, 0.15) is 11.6 Å². The van der Waals surface area contributed by atoms with E-state index in [1.54, 1.807) is 24.3 Å². The zero-order valence-electron chi connectivity index (χ0n) is 14.7. The number of rotatable bonds is 4. The summed E-state index contributed by atoms with van der Waals surface area (Å²) in [5.41, 5.74) is 3.20. The third kappa shape index (κ3) is 2.83. The van der Waals surface area contributed by atoms with Crippen LogP contribution in [0.4, 0.5) is 0 Å². The van der Waals surface area contributed by atoms with E-state index in [1.165, 1.54) is 6.39 Å². The second kappa shape index (κ2) is 6.62. The highest BCUT2D eigenvalue weighted by molar-refractivity contribution is 5.93.